The molecule has 2 aliphatic rings. The van der Waals surface area contributed by atoms with Crippen LogP contribution in [0.15, 0.2) is 53.4 Å². The molecule has 2 amide bonds. The molecule has 5 unspecified atom stereocenters. The number of carbonyl (C=O) groups excluding carboxylic acids is 2. The minimum absolute atomic E-state index is 0.0433. The lowest BCUT2D eigenvalue weighted by atomic mass is 9.90. The fourth-order valence-electron chi connectivity index (χ4n) is 6.11. The predicted molar refractivity (Wildman–Crippen MR) is 183 cm³/mol. The number of rotatable bonds is 4. The van der Waals surface area contributed by atoms with Gasteiger partial charge in [0.25, 0.3) is 5.91 Å². The van der Waals surface area contributed by atoms with Crippen LogP contribution in [0.3, 0.4) is 0 Å². The van der Waals surface area contributed by atoms with Crippen molar-refractivity contribution in [2.24, 2.45) is 5.92 Å². The van der Waals surface area contributed by atoms with E-state index in [2.05, 4.69) is 48.6 Å². The Bertz CT molecular complexity index is 1440. The molecule has 9 nitrogen and oxygen atoms in total. The van der Waals surface area contributed by atoms with Gasteiger partial charge in [-0.15, -0.1) is 0 Å². The van der Waals surface area contributed by atoms with Gasteiger partial charge >= 0.3 is 6.09 Å². The van der Waals surface area contributed by atoms with E-state index in [1.54, 1.807) is 45.9 Å². The Labute approximate surface area is 276 Å². The van der Waals surface area contributed by atoms with E-state index in [-0.39, 0.29) is 18.4 Å². The first-order valence-corrected chi connectivity index (χ1v) is 17.6. The first-order chi connectivity index (χ1) is 21.8. The number of aliphatic hydroxyl groups excluding tert-OH is 1. The summed E-state index contributed by atoms with van der Waals surface area (Å²) in [6.45, 7) is 15.1. The third-order valence-electron chi connectivity index (χ3n) is 8.70. The minimum atomic E-state index is -1.88. The molecular weight excluding hydrogens is 602 g/mol. The molecule has 0 saturated heterocycles. The molecule has 2 heterocycles. The van der Waals surface area contributed by atoms with E-state index in [1.807, 2.05) is 12.1 Å². The summed E-state index contributed by atoms with van der Waals surface area (Å²) < 4.78 is 28.1. The van der Waals surface area contributed by atoms with Gasteiger partial charge in [-0.1, -0.05) is 62.6 Å². The lowest BCUT2D eigenvalue weighted by molar-refractivity contribution is -0.123. The van der Waals surface area contributed by atoms with Gasteiger partial charge in [-0.3, -0.25) is 14.4 Å². The first kappa shape index (κ1) is 35.5. The van der Waals surface area contributed by atoms with Gasteiger partial charge in [-0.25, -0.2) is 9.00 Å². The molecule has 5 atom stereocenters. The molecule has 0 fully saturated rings. The highest BCUT2D eigenvalue weighted by Gasteiger charge is 2.32. The van der Waals surface area contributed by atoms with Crippen LogP contribution in [-0.4, -0.2) is 70.2 Å². The van der Waals surface area contributed by atoms with Crippen molar-refractivity contribution in [3.05, 3.63) is 65.2 Å². The lowest BCUT2D eigenvalue weighted by Crippen LogP contribution is -2.49. The SMILES string of the molecule is CCCc1cc(C)ccc1C1COc2ccc3cc2N(CCC(CC)C(O)/C=C\CN(C(=O)OC(C)(C)C)C(C)C(=O)NS3=O)C1. The highest BCUT2D eigenvalue weighted by Crippen LogP contribution is 2.38. The van der Waals surface area contributed by atoms with Crippen LogP contribution in [0.4, 0.5) is 10.5 Å². The van der Waals surface area contributed by atoms with Crippen molar-refractivity contribution in [3.63, 3.8) is 0 Å². The number of nitrogens with one attached hydrogen (secondary N) is 1. The number of hydrogen-bond donors (Lipinski definition) is 2. The van der Waals surface area contributed by atoms with Crippen LogP contribution in [0.5, 0.6) is 5.75 Å². The number of aryl methyl sites for hydroxylation is 2. The van der Waals surface area contributed by atoms with E-state index in [0.29, 0.717) is 36.8 Å². The summed E-state index contributed by atoms with van der Waals surface area (Å²) in [5.74, 6) is 0.178. The van der Waals surface area contributed by atoms with Crippen molar-refractivity contribution in [3.8, 4) is 5.75 Å². The minimum Gasteiger partial charge on any atom is -0.491 e. The zero-order valence-electron chi connectivity index (χ0n) is 28.4. The lowest BCUT2D eigenvalue weighted by Gasteiger charge is -2.31. The van der Waals surface area contributed by atoms with Gasteiger partial charge in [0.15, 0.2) is 11.0 Å². The topological polar surface area (TPSA) is 108 Å². The number of amides is 2. The fourth-order valence-corrected chi connectivity index (χ4v) is 6.99. The summed E-state index contributed by atoms with van der Waals surface area (Å²) >= 11 is 0. The Balaban J connectivity index is 1.71. The molecule has 2 aliphatic heterocycles. The molecule has 46 heavy (non-hydrogen) atoms. The Hall–Kier alpha value is -3.37. The maximum atomic E-state index is 13.6. The molecule has 2 N–H and O–H groups in total. The van der Waals surface area contributed by atoms with E-state index >= 15 is 0 Å². The number of carbonyl (C=O) groups is 2. The second-order valence-electron chi connectivity index (χ2n) is 13.5. The number of anilines is 1. The summed E-state index contributed by atoms with van der Waals surface area (Å²) in [5, 5.41) is 11.2. The number of aliphatic hydroxyl groups is 1. The standard InChI is InChI=1S/C36H51N3O6S/c1-8-11-27-20-24(3)13-15-30(27)28-22-38-19-17-26(9-2)32(40)12-10-18-39(35(42)45-36(5,6)7)25(4)34(41)37-46(43)29-14-16-33(44-23-28)31(38)21-29/h10,12-16,20-21,25-26,28,32,40H,8-9,11,17-19,22-23H2,1-7H3,(H,37,41)/b12-10-. The maximum absolute atomic E-state index is 13.6. The van der Waals surface area contributed by atoms with E-state index < -0.39 is 40.7 Å². The first-order valence-electron chi connectivity index (χ1n) is 16.5. The largest absolute Gasteiger partial charge is 0.491 e. The van der Waals surface area contributed by atoms with Crippen molar-refractivity contribution >= 4 is 28.7 Å². The fraction of sp³-hybridized carbons (Fsp3) is 0.556. The van der Waals surface area contributed by atoms with Crippen LogP contribution < -0.4 is 14.4 Å². The Morgan fingerprint density at radius 1 is 1.17 bits per heavy atom. The summed E-state index contributed by atoms with van der Waals surface area (Å²) in [7, 11) is -1.88. The zero-order chi connectivity index (χ0) is 33.6. The van der Waals surface area contributed by atoms with Crippen LogP contribution in [0.2, 0.25) is 0 Å². The van der Waals surface area contributed by atoms with Crippen molar-refractivity contribution in [2.75, 3.05) is 31.1 Å². The summed E-state index contributed by atoms with van der Waals surface area (Å²) in [4.78, 5) is 30.5. The van der Waals surface area contributed by atoms with E-state index in [9.17, 15) is 18.9 Å². The second-order valence-corrected chi connectivity index (χ2v) is 14.7. The summed E-state index contributed by atoms with van der Waals surface area (Å²) in [6, 6.07) is 11.0. The van der Waals surface area contributed by atoms with Crippen molar-refractivity contribution in [2.45, 2.75) is 103 Å². The normalized spacial score (nSPS) is 25.2. The van der Waals surface area contributed by atoms with Crippen LogP contribution in [0, 0.1) is 12.8 Å². The summed E-state index contributed by atoms with van der Waals surface area (Å²) in [5.41, 5.74) is 3.89. The highest BCUT2D eigenvalue weighted by atomic mass is 32.2. The molecule has 2 bridgehead atoms. The smallest absolute Gasteiger partial charge is 0.411 e. The van der Waals surface area contributed by atoms with Crippen LogP contribution in [0.25, 0.3) is 0 Å². The summed E-state index contributed by atoms with van der Waals surface area (Å²) in [6.07, 6.45) is 5.49. The predicted octanol–water partition coefficient (Wildman–Crippen LogP) is 6.04. The van der Waals surface area contributed by atoms with Gasteiger partial charge < -0.3 is 19.5 Å². The number of hydrogen-bond acceptors (Lipinski definition) is 7. The van der Waals surface area contributed by atoms with Crippen LogP contribution in [-0.2, 0) is 26.9 Å². The van der Waals surface area contributed by atoms with Gasteiger partial charge in [0.1, 0.15) is 17.4 Å². The third-order valence-corrected chi connectivity index (χ3v) is 9.77. The van der Waals surface area contributed by atoms with Gasteiger partial charge in [0.05, 0.1) is 23.3 Å². The van der Waals surface area contributed by atoms with Crippen LogP contribution >= 0.6 is 0 Å². The maximum Gasteiger partial charge on any atom is 0.411 e. The zero-order valence-corrected chi connectivity index (χ0v) is 29.2. The van der Waals surface area contributed by atoms with E-state index in [1.165, 1.54) is 21.6 Å². The highest BCUT2D eigenvalue weighted by molar-refractivity contribution is 7.83. The van der Waals surface area contributed by atoms with Gasteiger partial charge in [-0.2, -0.15) is 0 Å². The molecule has 4 rings (SSSR count). The molecule has 2 aromatic rings. The van der Waals surface area contributed by atoms with Crippen LogP contribution in [0.1, 0.15) is 83.4 Å². The van der Waals surface area contributed by atoms with Gasteiger partial charge in [-0.05, 0) is 82.7 Å². The van der Waals surface area contributed by atoms with E-state index in [0.717, 1.165) is 24.9 Å². The molecule has 0 aliphatic carbocycles. The molecule has 0 radical (unpaired) electrons. The molecular formula is C36H51N3O6S. The average molecular weight is 654 g/mol. The van der Waals surface area contributed by atoms with Crippen molar-refractivity contribution in [1.29, 1.82) is 0 Å². The Morgan fingerprint density at radius 3 is 2.63 bits per heavy atom. The number of fused-ring (bicyclic) bond motifs is 1. The number of nitrogens with zero attached hydrogens (tertiary/aromatic N) is 2. The third kappa shape index (κ3) is 8.91. The molecule has 252 valence electrons. The number of ether oxygens (including phenoxy) is 2. The van der Waals surface area contributed by atoms with Gasteiger partial charge in [0, 0.05) is 25.6 Å². The van der Waals surface area contributed by atoms with Gasteiger partial charge in [0.2, 0.25) is 0 Å². The quantitative estimate of drug-likeness (QED) is 0.388. The average Bonchev–Trinajstić information content (AvgIpc) is 3.17. The molecule has 0 aromatic heterocycles. The Kier molecular flexibility index (Phi) is 11.9. The number of benzene rings is 2. The molecule has 0 saturated carbocycles. The van der Waals surface area contributed by atoms with Crippen molar-refractivity contribution < 1.29 is 28.4 Å². The molecule has 2 aromatic carbocycles. The molecule has 10 heteroatoms. The second kappa shape index (κ2) is 15.5. The monoisotopic (exact) mass is 653 g/mol. The van der Waals surface area contributed by atoms with E-state index in [4.69, 9.17) is 9.47 Å². The molecule has 0 spiro atoms. The van der Waals surface area contributed by atoms with Crippen molar-refractivity contribution in [1.82, 2.24) is 9.62 Å². The Morgan fingerprint density at radius 2 is 1.93 bits per heavy atom.